The van der Waals surface area contributed by atoms with E-state index in [0.29, 0.717) is 0 Å². The average molecular weight is 312 g/mol. The van der Waals surface area contributed by atoms with E-state index in [2.05, 4.69) is 4.98 Å². The van der Waals surface area contributed by atoms with Crippen molar-refractivity contribution in [2.45, 2.75) is 13.5 Å². The second-order valence-corrected chi connectivity index (χ2v) is 5.18. The lowest BCUT2D eigenvalue weighted by Gasteiger charge is -2.15. The highest BCUT2D eigenvalue weighted by Gasteiger charge is 2.20. The number of pyridine rings is 2. The first-order valence-electron chi connectivity index (χ1n) is 6.94. The fourth-order valence-electron chi connectivity index (χ4n) is 2.70. The largest absolute Gasteiger partial charge is 0.478 e. The van der Waals surface area contributed by atoms with Crippen molar-refractivity contribution in [1.82, 2.24) is 9.55 Å². The van der Waals surface area contributed by atoms with E-state index in [9.17, 15) is 19.1 Å². The molecule has 0 bridgehead atoms. The molecule has 0 aliphatic rings. The molecular weight excluding hydrogens is 299 g/mol. The van der Waals surface area contributed by atoms with Crippen molar-refractivity contribution in [3.63, 3.8) is 0 Å². The number of hydrogen-bond donors (Lipinski definition) is 1. The number of carbonyl (C=O) groups is 1. The first kappa shape index (κ1) is 14.9. The van der Waals surface area contributed by atoms with Crippen molar-refractivity contribution in [2.75, 3.05) is 0 Å². The van der Waals surface area contributed by atoms with Gasteiger partial charge in [0.25, 0.3) is 5.56 Å². The molecule has 0 saturated heterocycles. The zero-order valence-electron chi connectivity index (χ0n) is 12.3. The zero-order chi connectivity index (χ0) is 16.6. The van der Waals surface area contributed by atoms with E-state index in [-0.39, 0.29) is 28.6 Å². The molecule has 3 rings (SSSR count). The number of carboxylic acid groups (broad SMARTS) is 1. The summed E-state index contributed by atoms with van der Waals surface area (Å²) in [5.74, 6) is -1.92. The third kappa shape index (κ3) is 2.48. The van der Waals surface area contributed by atoms with Crippen LogP contribution in [0.4, 0.5) is 4.39 Å². The minimum Gasteiger partial charge on any atom is -0.478 e. The van der Waals surface area contributed by atoms with Gasteiger partial charge in [0.05, 0.1) is 17.5 Å². The summed E-state index contributed by atoms with van der Waals surface area (Å²) in [7, 11) is 0. The molecule has 6 heteroatoms. The summed E-state index contributed by atoms with van der Waals surface area (Å²) in [6.07, 6.45) is 3.18. The monoisotopic (exact) mass is 312 g/mol. The highest BCUT2D eigenvalue weighted by molar-refractivity contribution is 6.04. The van der Waals surface area contributed by atoms with Crippen molar-refractivity contribution in [2.24, 2.45) is 0 Å². The number of halogens is 1. The number of rotatable bonds is 3. The smallest absolute Gasteiger partial charge is 0.338 e. The second-order valence-electron chi connectivity index (χ2n) is 5.18. The summed E-state index contributed by atoms with van der Waals surface area (Å²) >= 11 is 0. The minimum atomic E-state index is -1.20. The summed E-state index contributed by atoms with van der Waals surface area (Å²) in [6, 6.07) is 7.48. The highest BCUT2D eigenvalue weighted by Crippen LogP contribution is 2.22. The molecule has 0 amide bonds. The molecule has 0 aliphatic heterocycles. The summed E-state index contributed by atoms with van der Waals surface area (Å²) in [6.45, 7) is 1.68. The number of benzene rings is 1. The van der Waals surface area contributed by atoms with Crippen LogP contribution in [0.25, 0.3) is 10.8 Å². The Balaban J connectivity index is 2.36. The molecule has 0 aliphatic carbocycles. The number of nitrogens with zero attached hydrogens (tertiary/aromatic N) is 2. The molecule has 116 valence electrons. The Bertz CT molecular complexity index is 965. The number of aromatic nitrogens is 2. The predicted molar refractivity (Wildman–Crippen MR) is 83.2 cm³/mol. The fraction of sp³-hybridized carbons (Fsp3) is 0.118. The summed E-state index contributed by atoms with van der Waals surface area (Å²) in [4.78, 5) is 28.2. The third-order valence-electron chi connectivity index (χ3n) is 3.79. The number of aromatic carboxylic acids is 1. The van der Waals surface area contributed by atoms with E-state index in [1.165, 1.54) is 16.7 Å². The topological polar surface area (TPSA) is 72.2 Å². The van der Waals surface area contributed by atoms with Crippen molar-refractivity contribution < 1.29 is 14.3 Å². The van der Waals surface area contributed by atoms with Crippen LogP contribution in [0, 0.1) is 12.7 Å². The van der Waals surface area contributed by atoms with Crippen LogP contribution >= 0.6 is 0 Å². The predicted octanol–water partition coefficient (Wildman–Crippen LogP) is 2.59. The van der Waals surface area contributed by atoms with Gasteiger partial charge in [0.1, 0.15) is 5.82 Å². The normalized spacial score (nSPS) is 10.9. The van der Waals surface area contributed by atoms with Crippen molar-refractivity contribution in [3.8, 4) is 0 Å². The lowest BCUT2D eigenvalue weighted by Crippen LogP contribution is -2.26. The van der Waals surface area contributed by atoms with Crippen LogP contribution in [0.3, 0.4) is 0 Å². The second kappa shape index (κ2) is 5.64. The maximum Gasteiger partial charge on any atom is 0.338 e. The Labute approximate surface area is 130 Å². The highest BCUT2D eigenvalue weighted by atomic mass is 19.1. The van der Waals surface area contributed by atoms with Crippen LogP contribution in [-0.4, -0.2) is 20.6 Å². The molecule has 3 aromatic rings. The lowest BCUT2D eigenvalue weighted by molar-refractivity contribution is 0.0697. The molecule has 23 heavy (non-hydrogen) atoms. The Kier molecular flexibility index (Phi) is 3.65. The Morgan fingerprint density at radius 1 is 1.30 bits per heavy atom. The van der Waals surface area contributed by atoms with Crippen molar-refractivity contribution in [1.29, 1.82) is 0 Å². The van der Waals surface area contributed by atoms with Gasteiger partial charge >= 0.3 is 5.97 Å². The van der Waals surface area contributed by atoms with Gasteiger partial charge in [-0.2, -0.15) is 0 Å². The molecule has 0 saturated carbocycles. The molecule has 2 heterocycles. The number of hydrogen-bond acceptors (Lipinski definition) is 3. The van der Waals surface area contributed by atoms with Crippen molar-refractivity contribution >= 4 is 16.7 Å². The molecule has 1 aromatic carbocycles. The molecule has 0 fully saturated rings. The van der Waals surface area contributed by atoms with Gasteiger partial charge in [-0.15, -0.1) is 0 Å². The van der Waals surface area contributed by atoms with Gasteiger partial charge in [-0.05, 0) is 24.6 Å². The van der Waals surface area contributed by atoms with E-state index in [1.807, 2.05) is 0 Å². The van der Waals surface area contributed by atoms with Gasteiger partial charge < -0.3 is 9.67 Å². The first-order chi connectivity index (χ1) is 11.0. The maximum atomic E-state index is 14.1. The van der Waals surface area contributed by atoms with E-state index in [1.54, 1.807) is 31.5 Å². The van der Waals surface area contributed by atoms with E-state index < -0.39 is 17.3 Å². The van der Waals surface area contributed by atoms with Crippen LogP contribution in [0.5, 0.6) is 0 Å². The quantitative estimate of drug-likeness (QED) is 0.807. The lowest BCUT2D eigenvalue weighted by atomic mass is 10.0. The zero-order valence-corrected chi connectivity index (χ0v) is 12.3. The number of fused-ring (bicyclic) bond motifs is 1. The van der Waals surface area contributed by atoms with Crippen LogP contribution in [0.1, 0.15) is 21.6 Å². The molecular formula is C17H13FN2O3. The SMILES string of the molecule is Cc1c(C(=O)O)c2cccc(F)c2c(=O)n1Cc1cccnc1. The van der Waals surface area contributed by atoms with Gasteiger partial charge in [-0.1, -0.05) is 18.2 Å². The van der Waals surface area contributed by atoms with Crippen molar-refractivity contribution in [3.05, 3.63) is 75.7 Å². The van der Waals surface area contributed by atoms with Crippen LogP contribution < -0.4 is 5.56 Å². The molecule has 0 radical (unpaired) electrons. The van der Waals surface area contributed by atoms with E-state index in [0.717, 1.165) is 11.6 Å². The molecule has 5 nitrogen and oxygen atoms in total. The van der Waals surface area contributed by atoms with Crippen LogP contribution in [0.15, 0.2) is 47.5 Å². The summed E-state index contributed by atoms with van der Waals surface area (Å²) in [5.41, 5.74) is 0.390. The van der Waals surface area contributed by atoms with Crippen LogP contribution in [0.2, 0.25) is 0 Å². The first-order valence-corrected chi connectivity index (χ1v) is 6.94. The molecule has 0 unspecified atom stereocenters. The van der Waals surface area contributed by atoms with Gasteiger partial charge in [0, 0.05) is 23.5 Å². The Morgan fingerprint density at radius 3 is 2.74 bits per heavy atom. The van der Waals surface area contributed by atoms with Gasteiger partial charge in [-0.3, -0.25) is 9.78 Å². The fourth-order valence-corrected chi connectivity index (χ4v) is 2.70. The van der Waals surface area contributed by atoms with Gasteiger partial charge in [-0.25, -0.2) is 9.18 Å². The minimum absolute atomic E-state index is 0.0667. The maximum absolute atomic E-state index is 14.1. The Morgan fingerprint density at radius 2 is 2.09 bits per heavy atom. The van der Waals surface area contributed by atoms with Gasteiger partial charge in [0.2, 0.25) is 0 Å². The molecule has 1 N–H and O–H groups in total. The third-order valence-corrected chi connectivity index (χ3v) is 3.79. The number of carboxylic acids is 1. The van der Waals surface area contributed by atoms with Gasteiger partial charge in [0.15, 0.2) is 0 Å². The van der Waals surface area contributed by atoms with E-state index >= 15 is 0 Å². The molecule has 0 spiro atoms. The van der Waals surface area contributed by atoms with E-state index in [4.69, 9.17) is 0 Å². The summed E-state index contributed by atoms with van der Waals surface area (Å²) < 4.78 is 15.4. The van der Waals surface area contributed by atoms with Crippen LogP contribution in [-0.2, 0) is 6.54 Å². The molecule has 2 aromatic heterocycles. The summed E-state index contributed by atoms with van der Waals surface area (Å²) in [5, 5.41) is 9.39. The average Bonchev–Trinajstić information content (AvgIpc) is 2.52. The molecule has 0 atom stereocenters. The standard InChI is InChI=1S/C17H13FN2O3/c1-10-14(17(22)23)12-5-2-6-13(18)15(12)16(21)20(10)9-11-4-3-7-19-8-11/h2-8H,9H2,1H3,(H,22,23). The Hall–Kier alpha value is -3.02.